The molecule has 2 aromatic heterocycles. The molecule has 112 valence electrons. The van der Waals surface area contributed by atoms with Crippen LogP contribution in [-0.4, -0.2) is 17.8 Å². The molecule has 2 N–H and O–H groups in total. The fourth-order valence-corrected chi connectivity index (χ4v) is 4.17. The highest BCUT2D eigenvalue weighted by Crippen LogP contribution is 2.28. The third-order valence-corrected chi connectivity index (χ3v) is 5.89. The first kappa shape index (κ1) is 14.6. The van der Waals surface area contributed by atoms with Crippen LogP contribution in [0.2, 0.25) is 0 Å². The fraction of sp³-hybridized carbons (Fsp3) is 0.143. The van der Waals surface area contributed by atoms with Gasteiger partial charge in [-0.3, -0.25) is 4.72 Å². The van der Waals surface area contributed by atoms with Gasteiger partial charge in [0.15, 0.2) is 4.21 Å². The quantitative estimate of drug-likeness (QED) is 0.767. The Labute approximate surface area is 131 Å². The Kier molecular flexibility index (Phi) is 3.60. The van der Waals surface area contributed by atoms with Crippen LogP contribution in [0.5, 0.6) is 0 Å². The highest BCUT2D eigenvalue weighted by Gasteiger charge is 2.19. The number of aromatic amines is 1. The van der Waals surface area contributed by atoms with Crippen molar-refractivity contribution in [2.75, 3.05) is 4.72 Å². The van der Waals surface area contributed by atoms with E-state index in [2.05, 4.69) is 20.1 Å². The smallest absolute Gasteiger partial charge is 0.273 e. The summed E-state index contributed by atoms with van der Waals surface area (Å²) >= 11 is 0.952. The molecule has 0 aliphatic rings. The molecule has 3 rings (SSSR count). The molecule has 0 bridgehead atoms. The van der Waals surface area contributed by atoms with Gasteiger partial charge in [-0.1, -0.05) is 19.1 Å². The number of hydrogen-bond acceptors (Lipinski definition) is 5. The number of hydrogen-bond donors (Lipinski definition) is 2. The summed E-state index contributed by atoms with van der Waals surface area (Å²) in [5.41, 5.74) is 2.21. The van der Waals surface area contributed by atoms with Crippen LogP contribution in [0.25, 0.3) is 10.9 Å². The average Bonchev–Trinajstić information content (AvgIpc) is 3.14. The van der Waals surface area contributed by atoms with Crippen LogP contribution in [0.4, 0.5) is 5.69 Å². The first-order valence-corrected chi connectivity index (χ1v) is 8.79. The van der Waals surface area contributed by atoms with E-state index in [1.54, 1.807) is 30.5 Å². The zero-order chi connectivity index (χ0) is 15.7. The van der Waals surface area contributed by atoms with Gasteiger partial charge in [-0.15, -0.1) is 0 Å². The summed E-state index contributed by atoms with van der Waals surface area (Å²) in [5.74, 6) is 0. The van der Waals surface area contributed by atoms with Gasteiger partial charge in [0.1, 0.15) is 6.07 Å². The number of fused-ring (bicyclic) bond motifs is 1. The predicted molar refractivity (Wildman–Crippen MR) is 85.3 cm³/mol. The zero-order valence-corrected chi connectivity index (χ0v) is 13.3. The third-order valence-electron chi connectivity index (χ3n) is 3.24. The number of aromatic nitrogens is 2. The van der Waals surface area contributed by atoms with Crippen LogP contribution in [0, 0.1) is 11.3 Å². The van der Waals surface area contributed by atoms with Gasteiger partial charge in [0.25, 0.3) is 10.0 Å². The maximum Gasteiger partial charge on any atom is 0.273 e. The van der Waals surface area contributed by atoms with Crippen LogP contribution in [-0.2, 0) is 16.4 Å². The number of benzene rings is 1. The lowest BCUT2D eigenvalue weighted by molar-refractivity contribution is 0.603. The Morgan fingerprint density at radius 3 is 2.95 bits per heavy atom. The summed E-state index contributed by atoms with van der Waals surface area (Å²) in [7, 11) is -3.69. The van der Waals surface area contributed by atoms with Gasteiger partial charge in [-0.2, -0.15) is 9.64 Å². The van der Waals surface area contributed by atoms with Crippen molar-refractivity contribution in [3.8, 4) is 6.07 Å². The van der Waals surface area contributed by atoms with Crippen LogP contribution in [0.1, 0.15) is 18.2 Å². The Hall–Kier alpha value is -2.37. The average molecular weight is 332 g/mol. The van der Waals surface area contributed by atoms with E-state index in [-0.39, 0.29) is 4.21 Å². The molecule has 0 amide bonds. The molecule has 6 nitrogen and oxygen atoms in total. The minimum absolute atomic E-state index is 0.174. The number of nitrogens with zero attached hydrogens (tertiary/aromatic N) is 2. The standard InChI is InChI=1S/C14H12N4O2S2/c1-2-10-6-13(21-17-10)22(19,20)18-12-5-3-4-11-9(7-15)8-16-14(11)12/h3-6,8,16,18H,2H2,1H3. The highest BCUT2D eigenvalue weighted by atomic mass is 32.2. The number of para-hydroxylation sites is 1. The normalized spacial score (nSPS) is 11.5. The van der Waals surface area contributed by atoms with Crippen molar-refractivity contribution in [2.24, 2.45) is 0 Å². The molecule has 1 aromatic carbocycles. The van der Waals surface area contributed by atoms with E-state index in [9.17, 15) is 8.42 Å². The van der Waals surface area contributed by atoms with E-state index in [0.29, 0.717) is 28.6 Å². The lowest BCUT2D eigenvalue weighted by Crippen LogP contribution is -2.11. The van der Waals surface area contributed by atoms with E-state index < -0.39 is 10.0 Å². The van der Waals surface area contributed by atoms with Crippen molar-refractivity contribution < 1.29 is 8.42 Å². The number of rotatable bonds is 4. The summed E-state index contributed by atoms with van der Waals surface area (Å²) in [5, 5.41) is 9.72. The molecule has 2 heterocycles. The SMILES string of the molecule is CCc1cc(S(=O)(=O)Nc2cccc3c(C#N)c[nH]c23)sn1. The van der Waals surface area contributed by atoms with Crippen molar-refractivity contribution in [3.05, 3.63) is 41.7 Å². The number of H-pyrrole nitrogens is 1. The topological polar surface area (TPSA) is 98.6 Å². The van der Waals surface area contributed by atoms with E-state index in [1.807, 2.05) is 6.92 Å². The summed E-state index contributed by atoms with van der Waals surface area (Å²) < 4.78 is 31.7. The molecule has 0 saturated carbocycles. The lowest BCUT2D eigenvalue weighted by Gasteiger charge is -2.07. The summed E-state index contributed by atoms with van der Waals surface area (Å²) in [4.78, 5) is 2.94. The van der Waals surface area contributed by atoms with Crippen molar-refractivity contribution in [2.45, 2.75) is 17.6 Å². The molecular formula is C14H12N4O2S2. The molecule has 0 radical (unpaired) electrons. The molecule has 0 aliphatic carbocycles. The second kappa shape index (κ2) is 5.44. The molecule has 0 fully saturated rings. The summed E-state index contributed by atoms with van der Waals surface area (Å²) in [6.07, 6.45) is 2.24. The van der Waals surface area contributed by atoms with Crippen molar-refractivity contribution in [3.63, 3.8) is 0 Å². The van der Waals surface area contributed by atoms with Crippen molar-refractivity contribution in [1.82, 2.24) is 9.36 Å². The van der Waals surface area contributed by atoms with Gasteiger partial charge in [0.05, 0.1) is 22.5 Å². The molecule has 0 saturated heterocycles. The zero-order valence-electron chi connectivity index (χ0n) is 11.6. The molecule has 0 atom stereocenters. The van der Waals surface area contributed by atoms with Crippen molar-refractivity contribution in [1.29, 1.82) is 5.26 Å². The Morgan fingerprint density at radius 2 is 2.27 bits per heavy atom. The molecule has 8 heteroatoms. The predicted octanol–water partition coefficient (Wildman–Crippen LogP) is 2.86. The second-order valence-corrected chi connectivity index (χ2v) is 7.35. The van der Waals surface area contributed by atoms with Crippen molar-refractivity contribution >= 4 is 38.1 Å². The maximum atomic E-state index is 12.4. The monoisotopic (exact) mass is 332 g/mol. The largest absolute Gasteiger partial charge is 0.358 e. The Balaban J connectivity index is 2.02. The maximum absolute atomic E-state index is 12.4. The van der Waals surface area contributed by atoms with E-state index in [0.717, 1.165) is 17.2 Å². The van der Waals surface area contributed by atoms with Gasteiger partial charge in [0.2, 0.25) is 0 Å². The number of aryl methyl sites for hydroxylation is 1. The van der Waals surface area contributed by atoms with E-state index >= 15 is 0 Å². The summed E-state index contributed by atoms with van der Waals surface area (Å²) in [6, 6.07) is 8.77. The molecule has 0 unspecified atom stereocenters. The fourth-order valence-electron chi connectivity index (χ4n) is 2.11. The minimum atomic E-state index is -3.69. The minimum Gasteiger partial charge on any atom is -0.358 e. The Bertz CT molecular complexity index is 980. The lowest BCUT2D eigenvalue weighted by atomic mass is 10.2. The van der Waals surface area contributed by atoms with Gasteiger partial charge in [0, 0.05) is 11.6 Å². The van der Waals surface area contributed by atoms with Gasteiger partial charge >= 0.3 is 0 Å². The molecule has 0 spiro atoms. The molecular weight excluding hydrogens is 320 g/mol. The number of anilines is 1. The third kappa shape index (κ3) is 2.45. The van der Waals surface area contributed by atoms with Gasteiger partial charge in [-0.25, -0.2) is 8.42 Å². The number of nitriles is 1. The van der Waals surface area contributed by atoms with E-state index in [4.69, 9.17) is 5.26 Å². The second-order valence-electron chi connectivity index (χ2n) is 4.64. The number of sulfonamides is 1. The van der Waals surface area contributed by atoms with Crippen LogP contribution in [0.15, 0.2) is 34.7 Å². The van der Waals surface area contributed by atoms with Gasteiger partial charge in [-0.05, 0) is 30.1 Å². The van der Waals surface area contributed by atoms with E-state index in [1.165, 1.54) is 0 Å². The first-order valence-electron chi connectivity index (χ1n) is 6.53. The Morgan fingerprint density at radius 1 is 1.45 bits per heavy atom. The number of nitrogens with one attached hydrogen (secondary N) is 2. The molecule has 3 aromatic rings. The van der Waals surface area contributed by atoms with Crippen LogP contribution >= 0.6 is 11.5 Å². The van der Waals surface area contributed by atoms with Gasteiger partial charge < -0.3 is 4.98 Å². The van der Waals surface area contributed by atoms with Crippen LogP contribution in [0.3, 0.4) is 0 Å². The summed E-state index contributed by atoms with van der Waals surface area (Å²) in [6.45, 7) is 1.92. The van der Waals surface area contributed by atoms with Crippen LogP contribution < -0.4 is 4.72 Å². The molecule has 22 heavy (non-hydrogen) atoms. The highest BCUT2D eigenvalue weighted by molar-refractivity contribution is 7.94. The molecule has 0 aliphatic heterocycles. The first-order chi connectivity index (χ1) is 10.5.